The van der Waals surface area contributed by atoms with Crippen molar-refractivity contribution < 1.29 is 4.74 Å². The monoisotopic (exact) mass is 260 g/mol. The van der Waals surface area contributed by atoms with Gasteiger partial charge in [0.15, 0.2) is 0 Å². The molecule has 1 aromatic rings. The Morgan fingerprint density at radius 3 is 2.84 bits per heavy atom. The lowest BCUT2D eigenvalue weighted by Gasteiger charge is -2.39. The number of hydrogen-bond acceptors (Lipinski definition) is 3. The zero-order valence-electron chi connectivity index (χ0n) is 11.8. The lowest BCUT2D eigenvalue weighted by molar-refractivity contribution is 0.105. The number of fused-ring (bicyclic) bond motifs is 1. The number of para-hydroxylation sites is 1. The van der Waals surface area contributed by atoms with Crippen LogP contribution in [0.15, 0.2) is 24.3 Å². The molecule has 1 saturated heterocycles. The molecule has 3 nitrogen and oxygen atoms in total. The van der Waals surface area contributed by atoms with E-state index in [-0.39, 0.29) is 0 Å². The molecule has 0 saturated carbocycles. The summed E-state index contributed by atoms with van der Waals surface area (Å²) in [6.07, 6.45) is 3.84. The third kappa shape index (κ3) is 2.63. The highest BCUT2D eigenvalue weighted by atomic mass is 16.5. The number of rotatable bonds is 4. The van der Waals surface area contributed by atoms with E-state index in [1.807, 2.05) is 0 Å². The minimum atomic E-state index is 0.419. The van der Waals surface area contributed by atoms with Crippen molar-refractivity contribution in [1.29, 1.82) is 0 Å². The first-order valence-electron chi connectivity index (χ1n) is 7.59. The topological polar surface area (TPSA) is 24.5 Å². The number of nitrogens with zero attached hydrogens (tertiary/aromatic N) is 1. The Hall–Kier alpha value is -1.06. The van der Waals surface area contributed by atoms with Crippen LogP contribution in [0.5, 0.6) is 5.75 Å². The second kappa shape index (κ2) is 5.93. The maximum atomic E-state index is 5.98. The number of hydrogen-bond donors (Lipinski definition) is 1. The summed E-state index contributed by atoms with van der Waals surface area (Å²) in [6, 6.07) is 9.40. The van der Waals surface area contributed by atoms with Crippen LogP contribution in [0, 0.1) is 0 Å². The van der Waals surface area contributed by atoms with Crippen LogP contribution in [0.4, 0.5) is 0 Å². The smallest absolute Gasteiger partial charge is 0.124 e. The fourth-order valence-corrected chi connectivity index (χ4v) is 3.28. The van der Waals surface area contributed by atoms with E-state index < -0.39 is 0 Å². The van der Waals surface area contributed by atoms with Crippen molar-refractivity contribution in [2.45, 2.75) is 38.3 Å². The Morgan fingerprint density at radius 2 is 2.05 bits per heavy atom. The van der Waals surface area contributed by atoms with E-state index in [9.17, 15) is 0 Å². The average molecular weight is 260 g/mol. The molecule has 3 heteroatoms. The Bertz CT molecular complexity index is 415. The summed E-state index contributed by atoms with van der Waals surface area (Å²) in [5, 5.41) is 3.73. The van der Waals surface area contributed by atoms with Gasteiger partial charge in [0.1, 0.15) is 12.4 Å². The van der Waals surface area contributed by atoms with Crippen molar-refractivity contribution in [3.63, 3.8) is 0 Å². The Kier molecular flexibility index (Phi) is 4.04. The summed E-state index contributed by atoms with van der Waals surface area (Å²) < 4.78 is 5.98. The van der Waals surface area contributed by atoms with Crippen molar-refractivity contribution in [3.8, 4) is 5.75 Å². The van der Waals surface area contributed by atoms with Crippen LogP contribution in [-0.4, -0.2) is 37.2 Å². The SMILES string of the molecule is CCCNC1c2ccccc2OCC1N1CCCC1. The van der Waals surface area contributed by atoms with Crippen molar-refractivity contribution in [1.82, 2.24) is 10.2 Å². The van der Waals surface area contributed by atoms with Gasteiger partial charge in [0, 0.05) is 5.56 Å². The molecular formula is C16H24N2O. The van der Waals surface area contributed by atoms with E-state index in [4.69, 9.17) is 4.74 Å². The fraction of sp³-hybridized carbons (Fsp3) is 0.625. The van der Waals surface area contributed by atoms with Gasteiger partial charge >= 0.3 is 0 Å². The van der Waals surface area contributed by atoms with Gasteiger partial charge in [0.25, 0.3) is 0 Å². The maximum absolute atomic E-state index is 5.98. The second-order valence-corrected chi connectivity index (χ2v) is 5.59. The summed E-state index contributed by atoms with van der Waals surface area (Å²) in [5.41, 5.74) is 1.33. The molecule has 104 valence electrons. The van der Waals surface area contributed by atoms with Gasteiger partial charge in [-0.3, -0.25) is 4.90 Å². The summed E-state index contributed by atoms with van der Waals surface area (Å²) in [7, 11) is 0. The van der Waals surface area contributed by atoms with E-state index in [1.54, 1.807) is 0 Å². The highest BCUT2D eigenvalue weighted by molar-refractivity contribution is 5.38. The molecule has 2 heterocycles. The van der Waals surface area contributed by atoms with Crippen molar-refractivity contribution >= 4 is 0 Å². The summed E-state index contributed by atoms with van der Waals surface area (Å²) in [5.74, 6) is 1.06. The summed E-state index contributed by atoms with van der Waals surface area (Å²) >= 11 is 0. The van der Waals surface area contributed by atoms with Crippen molar-refractivity contribution in [3.05, 3.63) is 29.8 Å². The molecule has 1 fully saturated rings. The first-order chi connectivity index (χ1) is 9.40. The molecular weight excluding hydrogens is 236 g/mol. The zero-order chi connectivity index (χ0) is 13.1. The zero-order valence-corrected chi connectivity index (χ0v) is 11.8. The highest BCUT2D eigenvalue weighted by Gasteiger charge is 2.35. The van der Waals surface area contributed by atoms with Crippen LogP contribution in [0.1, 0.15) is 37.8 Å². The van der Waals surface area contributed by atoms with E-state index in [0.717, 1.165) is 18.9 Å². The standard InChI is InChI=1S/C16H24N2O/c1-2-9-17-16-13-7-3-4-8-15(13)19-12-14(16)18-10-5-6-11-18/h3-4,7-8,14,16-17H,2,5-6,9-12H2,1H3. The number of nitrogens with one attached hydrogen (secondary N) is 1. The van der Waals surface area contributed by atoms with Crippen molar-refractivity contribution in [2.75, 3.05) is 26.2 Å². The second-order valence-electron chi connectivity index (χ2n) is 5.59. The van der Waals surface area contributed by atoms with Gasteiger partial charge in [-0.15, -0.1) is 0 Å². The van der Waals surface area contributed by atoms with Crippen LogP contribution >= 0.6 is 0 Å². The first kappa shape index (κ1) is 12.9. The largest absolute Gasteiger partial charge is 0.492 e. The van der Waals surface area contributed by atoms with E-state index in [0.29, 0.717) is 12.1 Å². The maximum Gasteiger partial charge on any atom is 0.124 e. The van der Waals surface area contributed by atoms with Crippen LogP contribution in [-0.2, 0) is 0 Å². The molecule has 0 aliphatic carbocycles. The predicted octanol–water partition coefficient (Wildman–Crippen LogP) is 2.58. The van der Waals surface area contributed by atoms with Crippen LogP contribution in [0.25, 0.3) is 0 Å². The van der Waals surface area contributed by atoms with E-state index >= 15 is 0 Å². The molecule has 0 aromatic heterocycles. The Balaban J connectivity index is 1.84. The predicted molar refractivity (Wildman–Crippen MR) is 77.6 cm³/mol. The van der Waals surface area contributed by atoms with Gasteiger partial charge in [-0.05, 0) is 45.0 Å². The van der Waals surface area contributed by atoms with Gasteiger partial charge in [-0.2, -0.15) is 0 Å². The first-order valence-corrected chi connectivity index (χ1v) is 7.59. The third-order valence-corrected chi connectivity index (χ3v) is 4.27. The molecule has 0 radical (unpaired) electrons. The average Bonchev–Trinajstić information content (AvgIpc) is 2.98. The van der Waals surface area contributed by atoms with Gasteiger partial charge in [-0.1, -0.05) is 25.1 Å². The van der Waals surface area contributed by atoms with Gasteiger partial charge in [-0.25, -0.2) is 0 Å². The van der Waals surface area contributed by atoms with Crippen LogP contribution in [0.3, 0.4) is 0 Å². The molecule has 19 heavy (non-hydrogen) atoms. The quantitative estimate of drug-likeness (QED) is 0.900. The summed E-state index contributed by atoms with van der Waals surface area (Å²) in [4.78, 5) is 2.60. The van der Waals surface area contributed by atoms with Gasteiger partial charge in [0.2, 0.25) is 0 Å². The van der Waals surface area contributed by atoms with Gasteiger partial charge < -0.3 is 10.1 Å². The Morgan fingerprint density at radius 1 is 1.26 bits per heavy atom. The molecule has 2 unspecified atom stereocenters. The lowest BCUT2D eigenvalue weighted by Crippen LogP contribution is -2.49. The minimum absolute atomic E-state index is 0.419. The van der Waals surface area contributed by atoms with Crippen LogP contribution in [0.2, 0.25) is 0 Å². The summed E-state index contributed by atoms with van der Waals surface area (Å²) in [6.45, 7) is 6.56. The number of ether oxygens (including phenoxy) is 1. The normalized spacial score (nSPS) is 27.0. The molecule has 2 aliphatic rings. The number of likely N-dealkylation sites (tertiary alicyclic amines) is 1. The molecule has 1 N–H and O–H groups in total. The Labute approximate surface area is 115 Å². The molecule has 3 rings (SSSR count). The molecule has 2 aliphatic heterocycles. The highest BCUT2D eigenvalue weighted by Crippen LogP contribution is 2.35. The van der Waals surface area contributed by atoms with Gasteiger partial charge in [0.05, 0.1) is 12.1 Å². The minimum Gasteiger partial charge on any atom is -0.492 e. The van der Waals surface area contributed by atoms with E-state index in [1.165, 1.54) is 37.9 Å². The molecule has 0 amide bonds. The fourth-order valence-electron chi connectivity index (χ4n) is 3.28. The molecule has 2 atom stereocenters. The lowest BCUT2D eigenvalue weighted by atomic mass is 9.95. The molecule has 0 bridgehead atoms. The molecule has 1 aromatic carbocycles. The van der Waals surface area contributed by atoms with E-state index in [2.05, 4.69) is 41.4 Å². The molecule has 0 spiro atoms. The third-order valence-electron chi connectivity index (χ3n) is 4.27. The van der Waals surface area contributed by atoms with Crippen LogP contribution < -0.4 is 10.1 Å². The van der Waals surface area contributed by atoms with Crippen molar-refractivity contribution in [2.24, 2.45) is 0 Å². The number of benzene rings is 1.